The third kappa shape index (κ3) is 5.82. The van der Waals surface area contributed by atoms with E-state index in [1.165, 1.54) is 0 Å². The van der Waals surface area contributed by atoms with Gasteiger partial charge in [-0.3, -0.25) is 0 Å². The fraction of sp³-hybridized carbons (Fsp3) is 0.368. The summed E-state index contributed by atoms with van der Waals surface area (Å²) in [7, 11) is 0. The Hall–Kier alpha value is -0.440. The molecule has 0 heterocycles. The van der Waals surface area contributed by atoms with E-state index in [2.05, 4.69) is 20.8 Å². The summed E-state index contributed by atoms with van der Waals surface area (Å²) in [5, 5.41) is 2.42. The standard InChI is InChI=1S/C19H20Cl4O/c1-19(2,3)10-18(15-7-6-14(21)9-17(15)23)24-11-12-4-5-13(20)8-16(12)22/h4-9,18H,10-11H2,1-3H3. The Morgan fingerprint density at radius 3 is 2.00 bits per heavy atom. The zero-order chi connectivity index (χ0) is 17.9. The van der Waals surface area contributed by atoms with E-state index >= 15 is 0 Å². The van der Waals surface area contributed by atoms with E-state index in [-0.39, 0.29) is 11.5 Å². The highest BCUT2D eigenvalue weighted by molar-refractivity contribution is 6.35. The summed E-state index contributed by atoms with van der Waals surface area (Å²) in [5.41, 5.74) is 1.91. The van der Waals surface area contributed by atoms with E-state index in [9.17, 15) is 0 Å². The van der Waals surface area contributed by atoms with E-state index in [0.29, 0.717) is 26.7 Å². The molecule has 2 aromatic carbocycles. The first-order valence-corrected chi connectivity index (χ1v) is 9.17. The monoisotopic (exact) mass is 404 g/mol. The maximum Gasteiger partial charge on any atom is 0.0848 e. The molecule has 0 aromatic heterocycles. The predicted molar refractivity (Wildman–Crippen MR) is 105 cm³/mol. The molecule has 2 rings (SSSR count). The third-order valence-electron chi connectivity index (χ3n) is 3.56. The van der Waals surface area contributed by atoms with Crippen molar-refractivity contribution in [2.24, 2.45) is 5.41 Å². The average molecular weight is 406 g/mol. The zero-order valence-electron chi connectivity index (χ0n) is 13.9. The van der Waals surface area contributed by atoms with Gasteiger partial charge in [0.1, 0.15) is 0 Å². The van der Waals surface area contributed by atoms with Crippen LogP contribution in [0.3, 0.4) is 0 Å². The molecule has 0 radical (unpaired) electrons. The highest BCUT2D eigenvalue weighted by Crippen LogP contribution is 2.37. The molecule has 2 aromatic rings. The van der Waals surface area contributed by atoms with Gasteiger partial charge in [0.15, 0.2) is 0 Å². The number of hydrogen-bond acceptors (Lipinski definition) is 1. The normalized spacial score (nSPS) is 13.1. The Bertz CT molecular complexity index is 707. The van der Waals surface area contributed by atoms with Crippen LogP contribution in [0.5, 0.6) is 0 Å². The minimum absolute atomic E-state index is 0.0808. The van der Waals surface area contributed by atoms with Crippen LogP contribution in [0.1, 0.15) is 44.4 Å². The lowest BCUT2D eigenvalue weighted by molar-refractivity contribution is 0.0131. The molecule has 0 spiro atoms. The second-order valence-electron chi connectivity index (χ2n) is 6.97. The van der Waals surface area contributed by atoms with Crippen molar-refractivity contribution in [1.29, 1.82) is 0 Å². The predicted octanol–water partition coefficient (Wildman–Crippen LogP) is 7.99. The van der Waals surface area contributed by atoms with Crippen LogP contribution >= 0.6 is 46.4 Å². The van der Waals surface area contributed by atoms with Gasteiger partial charge >= 0.3 is 0 Å². The first kappa shape index (κ1) is 19.9. The first-order chi connectivity index (χ1) is 11.2. The largest absolute Gasteiger partial charge is 0.369 e. The molecule has 1 atom stereocenters. The molecule has 1 nitrogen and oxygen atoms in total. The Labute approximate surface area is 163 Å². The Morgan fingerprint density at radius 2 is 1.46 bits per heavy atom. The molecular formula is C19H20Cl4O. The molecule has 5 heteroatoms. The van der Waals surface area contributed by atoms with Crippen molar-refractivity contribution in [3.05, 3.63) is 67.6 Å². The van der Waals surface area contributed by atoms with Crippen molar-refractivity contribution >= 4 is 46.4 Å². The molecule has 1 unspecified atom stereocenters. The minimum Gasteiger partial charge on any atom is -0.369 e. The van der Waals surface area contributed by atoms with E-state index in [1.54, 1.807) is 18.2 Å². The van der Waals surface area contributed by atoms with E-state index in [0.717, 1.165) is 17.5 Å². The molecule has 0 bridgehead atoms. The molecule has 24 heavy (non-hydrogen) atoms. The van der Waals surface area contributed by atoms with Gasteiger partial charge in [0.2, 0.25) is 0 Å². The maximum absolute atomic E-state index is 6.38. The van der Waals surface area contributed by atoms with Gasteiger partial charge in [-0.2, -0.15) is 0 Å². The van der Waals surface area contributed by atoms with Crippen molar-refractivity contribution in [3.63, 3.8) is 0 Å². The van der Waals surface area contributed by atoms with Crippen LogP contribution in [0, 0.1) is 5.41 Å². The first-order valence-electron chi connectivity index (χ1n) is 7.66. The molecule has 130 valence electrons. The lowest BCUT2D eigenvalue weighted by Gasteiger charge is -2.27. The number of rotatable bonds is 5. The van der Waals surface area contributed by atoms with Gasteiger partial charge in [-0.05, 0) is 47.2 Å². The number of halogens is 4. The van der Waals surface area contributed by atoms with Gasteiger partial charge < -0.3 is 4.74 Å². The minimum atomic E-state index is -0.151. The Kier molecular flexibility index (Phi) is 6.87. The number of benzene rings is 2. The maximum atomic E-state index is 6.38. The molecule has 0 saturated carbocycles. The van der Waals surface area contributed by atoms with Crippen molar-refractivity contribution in [2.75, 3.05) is 0 Å². The smallest absolute Gasteiger partial charge is 0.0848 e. The topological polar surface area (TPSA) is 9.23 Å². The van der Waals surface area contributed by atoms with Crippen LogP contribution in [-0.2, 0) is 11.3 Å². The molecule has 0 N–H and O–H groups in total. The molecule has 0 aliphatic heterocycles. The van der Waals surface area contributed by atoms with Crippen molar-refractivity contribution in [1.82, 2.24) is 0 Å². The Morgan fingerprint density at radius 1 is 0.875 bits per heavy atom. The molecule has 0 amide bonds. The summed E-state index contributed by atoms with van der Waals surface area (Å²) in [4.78, 5) is 0. The van der Waals surface area contributed by atoms with E-state index in [4.69, 9.17) is 51.1 Å². The lowest BCUT2D eigenvalue weighted by Crippen LogP contribution is -2.15. The number of hydrogen-bond donors (Lipinski definition) is 0. The fourth-order valence-corrected chi connectivity index (χ4v) is 3.40. The van der Waals surface area contributed by atoms with Crippen molar-refractivity contribution < 1.29 is 4.74 Å². The lowest BCUT2D eigenvalue weighted by atomic mass is 9.86. The van der Waals surface area contributed by atoms with Crippen LogP contribution < -0.4 is 0 Å². The fourth-order valence-electron chi connectivity index (χ4n) is 2.41. The van der Waals surface area contributed by atoms with Gasteiger partial charge in [0.05, 0.1) is 12.7 Å². The molecule has 0 aliphatic rings. The van der Waals surface area contributed by atoms with Crippen LogP contribution in [-0.4, -0.2) is 0 Å². The summed E-state index contributed by atoms with van der Waals surface area (Å²) < 4.78 is 6.18. The van der Waals surface area contributed by atoms with Crippen molar-refractivity contribution in [3.8, 4) is 0 Å². The van der Waals surface area contributed by atoms with Crippen LogP contribution in [0.2, 0.25) is 20.1 Å². The third-order valence-corrected chi connectivity index (χ3v) is 4.71. The van der Waals surface area contributed by atoms with Gasteiger partial charge in [0.25, 0.3) is 0 Å². The summed E-state index contributed by atoms with van der Waals surface area (Å²) in [5.74, 6) is 0. The van der Waals surface area contributed by atoms with Crippen LogP contribution in [0.15, 0.2) is 36.4 Å². The molecule has 0 saturated heterocycles. The molecule has 0 fully saturated rings. The van der Waals surface area contributed by atoms with Gasteiger partial charge in [-0.1, -0.05) is 79.3 Å². The SMILES string of the molecule is CC(C)(C)CC(OCc1ccc(Cl)cc1Cl)c1ccc(Cl)cc1Cl. The van der Waals surface area contributed by atoms with Crippen molar-refractivity contribution in [2.45, 2.75) is 39.9 Å². The summed E-state index contributed by atoms with van der Waals surface area (Å²) in [6.07, 6.45) is 0.668. The van der Waals surface area contributed by atoms with Gasteiger partial charge in [-0.15, -0.1) is 0 Å². The van der Waals surface area contributed by atoms with E-state index in [1.807, 2.05) is 18.2 Å². The van der Waals surface area contributed by atoms with E-state index < -0.39 is 0 Å². The highest BCUT2D eigenvalue weighted by atomic mass is 35.5. The molecule has 0 aliphatic carbocycles. The highest BCUT2D eigenvalue weighted by Gasteiger charge is 2.23. The summed E-state index contributed by atoms with van der Waals surface area (Å²) in [6, 6.07) is 10.9. The number of ether oxygens (including phenoxy) is 1. The second-order valence-corrected chi connectivity index (χ2v) is 8.65. The summed E-state index contributed by atoms with van der Waals surface area (Å²) >= 11 is 24.6. The van der Waals surface area contributed by atoms with Crippen LogP contribution in [0.25, 0.3) is 0 Å². The second kappa shape index (κ2) is 8.29. The molecular weight excluding hydrogens is 386 g/mol. The average Bonchev–Trinajstić information content (AvgIpc) is 2.44. The van der Waals surface area contributed by atoms with Crippen LogP contribution in [0.4, 0.5) is 0 Å². The van der Waals surface area contributed by atoms with Gasteiger partial charge in [0, 0.05) is 20.1 Å². The zero-order valence-corrected chi connectivity index (χ0v) is 16.9. The quantitative estimate of drug-likeness (QED) is 0.489. The summed E-state index contributed by atoms with van der Waals surface area (Å²) in [6.45, 7) is 6.89. The Balaban J connectivity index is 2.23. The van der Waals surface area contributed by atoms with Gasteiger partial charge in [-0.25, -0.2) is 0 Å².